The van der Waals surface area contributed by atoms with Gasteiger partial charge < -0.3 is 62.7 Å². The Labute approximate surface area is 290 Å². The van der Waals surface area contributed by atoms with E-state index in [1.54, 1.807) is 6.92 Å². The molecular formula is C33H60N8O8. The Morgan fingerprint density at radius 3 is 1.80 bits per heavy atom. The average Bonchev–Trinajstić information content (AvgIpc) is 3.08. The van der Waals surface area contributed by atoms with Gasteiger partial charge in [-0.25, -0.2) is 0 Å². The van der Waals surface area contributed by atoms with Crippen LogP contribution < -0.4 is 43.8 Å². The molecule has 16 nitrogen and oxygen atoms in total. The van der Waals surface area contributed by atoms with Crippen LogP contribution in [0.1, 0.15) is 31.7 Å². The second-order valence-corrected chi connectivity index (χ2v) is 11.4. The van der Waals surface area contributed by atoms with Gasteiger partial charge in [-0.3, -0.25) is 19.2 Å². The maximum absolute atomic E-state index is 12.9. The monoisotopic (exact) mass is 696 g/mol. The van der Waals surface area contributed by atoms with Crippen LogP contribution in [0.25, 0.3) is 0 Å². The first-order valence-electron chi connectivity index (χ1n) is 17.1. The van der Waals surface area contributed by atoms with E-state index in [0.717, 1.165) is 5.56 Å². The smallest absolute Gasteiger partial charge is 0.243 e. The lowest BCUT2D eigenvalue weighted by molar-refractivity contribution is -0.130. The van der Waals surface area contributed by atoms with Crippen molar-refractivity contribution in [3.8, 4) is 0 Å². The molecule has 280 valence electrons. The summed E-state index contributed by atoms with van der Waals surface area (Å²) < 4.78 is 22.0. The lowest BCUT2D eigenvalue weighted by Gasteiger charge is -2.21. The fraction of sp³-hybridized carbons (Fsp3) is 0.697. The van der Waals surface area contributed by atoms with E-state index in [-0.39, 0.29) is 49.1 Å². The maximum Gasteiger partial charge on any atom is 0.243 e. The van der Waals surface area contributed by atoms with E-state index in [2.05, 4.69) is 26.6 Å². The molecule has 0 bridgehead atoms. The van der Waals surface area contributed by atoms with Crippen molar-refractivity contribution in [1.82, 2.24) is 26.6 Å². The molecule has 0 fully saturated rings. The highest BCUT2D eigenvalue weighted by Crippen LogP contribution is 2.06. The highest BCUT2D eigenvalue weighted by Gasteiger charge is 2.23. The summed E-state index contributed by atoms with van der Waals surface area (Å²) in [4.78, 5) is 49.0. The van der Waals surface area contributed by atoms with Crippen molar-refractivity contribution in [2.45, 2.75) is 44.7 Å². The number of rotatable bonds is 32. The normalized spacial score (nSPS) is 12.4. The molecule has 0 aromatic heterocycles. The van der Waals surface area contributed by atoms with Crippen LogP contribution >= 0.6 is 0 Å². The van der Waals surface area contributed by atoms with Crippen molar-refractivity contribution in [3.63, 3.8) is 0 Å². The van der Waals surface area contributed by atoms with Gasteiger partial charge in [-0.05, 0) is 18.9 Å². The van der Waals surface area contributed by atoms with E-state index >= 15 is 0 Å². The number of carbonyl (C=O) groups is 4. The zero-order valence-corrected chi connectivity index (χ0v) is 29.1. The SMILES string of the molecule is C[C@@H](CCC(N)=O)NC(=O)[C@@H](Cc1ccccc1)NC(=O)CCOCCOCCOCCOCCNC(=O)C(CNCCN)CNCCN. The molecule has 0 unspecified atom stereocenters. The number of primary amides is 1. The molecule has 0 saturated carbocycles. The Morgan fingerprint density at radius 1 is 0.694 bits per heavy atom. The fourth-order valence-electron chi connectivity index (χ4n) is 4.43. The van der Waals surface area contributed by atoms with Crippen LogP contribution in [-0.4, -0.2) is 134 Å². The molecule has 1 aromatic rings. The van der Waals surface area contributed by atoms with Gasteiger partial charge in [-0.2, -0.15) is 0 Å². The Morgan fingerprint density at radius 2 is 1.24 bits per heavy atom. The fourth-order valence-corrected chi connectivity index (χ4v) is 4.43. The van der Waals surface area contributed by atoms with E-state index in [0.29, 0.717) is 105 Å². The number of hydrogen-bond donors (Lipinski definition) is 8. The zero-order chi connectivity index (χ0) is 36.0. The standard InChI is InChI=1S/C33H60N8O8/c1-26(7-8-30(36)42)40-33(45)29(23-27-5-3-2-4-6-27)41-31(43)9-15-46-17-19-48-21-22-49-20-18-47-16-14-39-32(44)28(24-37-12-10-34)25-38-13-11-35/h2-6,26,28-29,37-38H,7-25,34-35H2,1H3,(H2,36,42)(H,39,44)(H,40,45)(H,41,43)/t26-,29+/m0/s1. The summed E-state index contributed by atoms with van der Waals surface area (Å²) in [5.41, 5.74) is 17.1. The summed E-state index contributed by atoms with van der Waals surface area (Å²) in [6.45, 7) is 8.31. The number of benzene rings is 1. The predicted octanol–water partition coefficient (Wildman–Crippen LogP) is -2.23. The molecule has 11 N–H and O–H groups in total. The highest BCUT2D eigenvalue weighted by molar-refractivity contribution is 5.88. The Kier molecular flexibility index (Phi) is 26.5. The molecule has 2 atom stereocenters. The van der Waals surface area contributed by atoms with Crippen LogP contribution in [-0.2, 0) is 44.5 Å². The summed E-state index contributed by atoms with van der Waals surface area (Å²) in [5, 5.41) is 14.9. The van der Waals surface area contributed by atoms with Crippen LogP contribution in [0.15, 0.2) is 30.3 Å². The third-order valence-corrected chi connectivity index (χ3v) is 7.08. The molecule has 0 aliphatic rings. The Balaban J connectivity index is 2.13. The summed E-state index contributed by atoms with van der Waals surface area (Å²) >= 11 is 0. The topological polar surface area (TPSA) is 243 Å². The van der Waals surface area contributed by atoms with Crippen molar-refractivity contribution >= 4 is 23.6 Å². The molecule has 0 spiro atoms. The lowest BCUT2D eigenvalue weighted by Crippen LogP contribution is -2.50. The van der Waals surface area contributed by atoms with E-state index in [1.807, 2.05) is 30.3 Å². The first-order chi connectivity index (χ1) is 23.8. The number of hydrogen-bond acceptors (Lipinski definition) is 12. The minimum absolute atomic E-state index is 0.0593. The molecule has 0 heterocycles. The van der Waals surface area contributed by atoms with Crippen LogP contribution in [0.4, 0.5) is 0 Å². The molecule has 0 aliphatic heterocycles. The first-order valence-corrected chi connectivity index (χ1v) is 17.1. The van der Waals surface area contributed by atoms with Gasteiger partial charge in [0.1, 0.15) is 6.04 Å². The Hall–Kier alpha value is -3.22. The second kappa shape index (κ2) is 29.7. The summed E-state index contributed by atoms with van der Waals surface area (Å²) in [7, 11) is 0. The highest BCUT2D eigenvalue weighted by atomic mass is 16.6. The minimum Gasteiger partial charge on any atom is -0.379 e. The molecule has 49 heavy (non-hydrogen) atoms. The van der Waals surface area contributed by atoms with Crippen molar-refractivity contribution < 1.29 is 38.1 Å². The minimum atomic E-state index is -0.776. The molecule has 4 amide bonds. The molecule has 0 radical (unpaired) electrons. The zero-order valence-electron chi connectivity index (χ0n) is 29.1. The van der Waals surface area contributed by atoms with Crippen molar-refractivity contribution in [3.05, 3.63) is 35.9 Å². The second-order valence-electron chi connectivity index (χ2n) is 11.4. The van der Waals surface area contributed by atoms with Gasteiger partial charge in [0.05, 0.1) is 58.8 Å². The average molecular weight is 697 g/mol. The van der Waals surface area contributed by atoms with Gasteiger partial charge >= 0.3 is 0 Å². The number of amides is 4. The van der Waals surface area contributed by atoms with Gasteiger partial charge in [-0.15, -0.1) is 0 Å². The van der Waals surface area contributed by atoms with Crippen LogP contribution in [0.2, 0.25) is 0 Å². The van der Waals surface area contributed by atoms with Crippen molar-refractivity contribution in [1.29, 1.82) is 0 Å². The quantitative estimate of drug-likeness (QED) is 0.0373. The molecule has 16 heteroatoms. The molecule has 0 aliphatic carbocycles. The van der Waals surface area contributed by atoms with Gasteiger partial charge in [0.25, 0.3) is 0 Å². The Bertz CT molecular complexity index is 1010. The van der Waals surface area contributed by atoms with E-state index in [4.69, 9.17) is 36.1 Å². The predicted molar refractivity (Wildman–Crippen MR) is 186 cm³/mol. The summed E-state index contributed by atoms with van der Waals surface area (Å²) in [6.07, 6.45) is 0.984. The molecule has 1 aromatic carbocycles. The van der Waals surface area contributed by atoms with Crippen molar-refractivity contribution in [2.24, 2.45) is 23.1 Å². The summed E-state index contributed by atoms with van der Waals surface area (Å²) in [6, 6.07) is 8.35. The van der Waals surface area contributed by atoms with Gasteiger partial charge in [0, 0.05) is 71.1 Å². The first kappa shape index (κ1) is 43.8. The van der Waals surface area contributed by atoms with E-state index in [1.165, 1.54) is 0 Å². The van der Waals surface area contributed by atoms with Crippen LogP contribution in [0.5, 0.6) is 0 Å². The molecule has 0 saturated heterocycles. The lowest BCUT2D eigenvalue weighted by atomic mass is 10.0. The number of carbonyl (C=O) groups excluding carboxylic acids is 4. The van der Waals surface area contributed by atoms with Gasteiger partial charge in [0.15, 0.2) is 0 Å². The summed E-state index contributed by atoms with van der Waals surface area (Å²) in [5.74, 6) is -1.36. The number of nitrogens with two attached hydrogens (primary N) is 3. The molecular weight excluding hydrogens is 636 g/mol. The number of ether oxygens (including phenoxy) is 4. The third-order valence-electron chi connectivity index (χ3n) is 7.08. The van der Waals surface area contributed by atoms with Crippen LogP contribution in [0.3, 0.4) is 0 Å². The third kappa shape index (κ3) is 24.5. The maximum atomic E-state index is 12.9. The largest absolute Gasteiger partial charge is 0.379 e. The van der Waals surface area contributed by atoms with E-state index < -0.39 is 11.9 Å². The van der Waals surface area contributed by atoms with Gasteiger partial charge in [0.2, 0.25) is 23.6 Å². The molecule has 1 rings (SSSR count). The van der Waals surface area contributed by atoms with E-state index in [9.17, 15) is 19.2 Å². The van der Waals surface area contributed by atoms with Gasteiger partial charge in [-0.1, -0.05) is 30.3 Å². The van der Waals surface area contributed by atoms with Crippen molar-refractivity contribution in [2.75, 3.05) is 98.7 Å². The van der Waals surface area contributed by atoms with Crippen LogP contribution in [0, 0.1) is 5.92 Å². The number of nitrogens with one attached hydrogen (secondary N) is 5.